The first-order valence-corrected chi connectivity index (χ1v) is 7.43. The van der Waals surface area contributed by atoms with Crippen LogP contribution >= 0.6 is 0 Å². The van der Waals surface area contributed by atoms with Crippen molar-refractivity contribution in [3.63, 3.8) is 0 Å². The van der Waals surface area contributed by atoms with Crippen molar-refractivity contribution < 1.29 is 43.2 Å². The Labute approximate surface area is 173 Å². The zero-order chi connectivity index (χ0) is 15.1. The van der Waals surface area contributed by atoms with Gasteiger partial charge in [-0.1, -0.05) is 59.3 Å². The van der Waals surface area contributed by atoms with Crippen molar-refractivity contribution in [3.8, 4) is 11.1 Å². The molecule has 0 unspecified atom stereocenters. The van der Waals surface area contributed by atoms with Crippen LogP contribution < -0.4 is 37.7 Å². The van der Waals surface area contributed by atoms with Crippen molar-refractivity contribution in [2.24, 2.45) is 0 Å². The van der Waals surface area contributed by atoms with Crippen molar-refractivity contribution in [2.75, 3.05) is 0 Å². The molecule has 114 valence electrons. The maximum Gasteiger partial charge on any atom is 1.00 e. The molecule has 0 spiro atoms. The largest absolute Gasteiger partial charge is 1.00 e. The van der Waals surface area contributed by atoms with Gasteiger partial charge in [0, 0.05) is 0 Å². The first kappa shape index (κ1) is 21.3. The summed E-state index contributed by atoms with van der Waals surface area (Å²) in [5.74, 6) is 0. The fourth-order valence-corrected chi connectivity index (χ4v) is 3.22. The molecule has 0 amide bonds. The molecule has 0 radical (unpaired) electrons. The van der Waals surface area contributed by atoms with Gasteiger partial charge in [0.05, 0.1) is 0 Å². The van der Waals surface area contributed by atoms with E-state index in [4.69, 9.17) is 0 Å². The molecule has 0 aliphatic carbocycles. The van der Waals surface area contributed by atoms with E-state index in [1.807, 2.05) is 0 Å². The first-order chi connectivity index (χ1) is 10.8. The van der Waals surface area contributed by atoms with Gasteiger partial charge in [-0.2, -0.15) is 48.2 Å². The molecule has 0 bridgehead atoms. The topological polar surface area (TPSA) is 30.0 Å². The Morgan fingerprint density at radius 2 is 0.840 bits per heavy atom. The zero-order valence-electron chi connectivity index (χ0n) is 14.8. The molecule has 0 aromatic heterocycles. The second-order valence-electron chi connectivity index (χ2n) is 5.64. The van der Waals surface area contributed by atoms with Crippen molar-refractivity contribution in [1.82, 2.24) is 0 Å². The van der Waals surface area contributed by atoms with E-state index in [2.05, 4.69) is 86.6 Å². The summed E-state index contributed by atoms with van der Waals surface area (Å²) in [4.78, 5) is 0. The third-order valence-electron chi connectivity index (χ3n) is 4.28. The van der Waals surface area contributed by atoms with Crippen LogP contribution in [-0.4, -0.2) is 5.48 Å². The molecule has 1 nitrogen and oxygen atoms in total. The molecule has 0 aliphatic rings. The molecule has 1 N–H and O–H groups in total. The van der Waals surface area contributed by atoms with Gasteiger partial charge in [-0.25, -0.2) is 0 Å². The Morgan fingerprint density at radius 3 is 1.24 bits per heavy atom. The molecule has 0 atom stereocenters. The van der Waals surface area contributed by atoms with Gasteiger partial charge in [0.25, 0.3) is 0 Å². The molecular weight excluding hydrogens is 294 g/mol. The smallest absolute Gasteiger partial charge is 0.870 e. The standard InChI is InChI=1S/C22H16.2Li.H2O/c1-15-11-13-17-7-3-5-9-19(17)21(15)22-16(2)12-14-18-8-4-6-10-20(18)22;;;/h3-14H,1-2H2;;;1H2/q-2;2*+1;/p-1. The van der Waals surface area contributed by atoms with Gasteiger partial charge in [-0.3, -0.25) is 0 Å². The van der Waals surface area contributed by atoms with Gasteiger partial charge < -0.3 is 5.48 Å². The number of rotatable bonds is 1. The Balaban J connectivity index is 0.00000104. The van der Waals surface area contributed by atoms with Crippen LogP contribution in [0.15, 0.2) is 72.8 Å². The first-order valence-electron chi connectivity index (χ1n) is 7.43. The van der Waals surface area contributed by atoms with E-state index in [1.165, 1.54) is 32.7 Å². The normalized spacial score (nSPS) is 9.76. The maximum absolute atomic E-state index is 4.27. The molecule has 0 heterocycles. The quantitative estimate of drug-likeness (QED) is 0.355. The number of benzene rings is 4. The average Bonchev–Trinajstić information content (AvgIpc) is 2.56. The molecule has 3 heteroatoms. The van der Waals surface area contributed by atoms with Crippen LogP contribution in [0.25, 0.3) is 32.7 Å². The second kappa shape index (κ2) is 8.60. The fraction of sp³-hybridized carbons (Fsp3) is 0. The minimum Gasteiger partial charge on any atom is -0.870 e. The molecule has 0 aliphatic heterocycles. The predicted octanol–water partition coefficient (Wildman–Crippen LogP) is -0.144. The van der Waals surface area contributed by atoms with Crippen LogP contribution in [0.1, 0.15) is 11.1 Å². The van der Waals surface area contributed by atoms with E-state index in [1.54, 1.807) is 0 Å². The van der Waals surface area contributed by atoms with Crippen LogP contribution in [0.3, 0.4) is 0 Å². The van der Waals surface area contributed by atoms with Crippen molar-refractivity contribution in [2.45, 2.75) is 0 Å². The van der Waals surface area contributed by atoms with Crippen molar-refractivity contribution >= 4 is 21.5 Å². The third kappa shape index (κ3) is 3.63. The van der Waals surface area contributed by atoms with E-state index in [0.717, 1.165) is 11.1 Å². The number of fused-ring (bicyclic) bond motifs is 2. The Kier molecular flexibility index (Phi) is 7.34. The Hall–Kier alpha value is -1.71. The SMILES string of the molecule is [CH2-]c1ccc2ccccc2c1-c1c([CH2-])ccc2ccccc12.[Li+].[Li+].[OH-]. The van der Waals surface area contributed by atoms with E-state index in [9.17, 15) is 0 Å². The molecule has 25 heavy (non-hydrogen) atoms. The van der Waals surface area contributed by atoms with Gasteiger partial charge in [0.15, 0.2) is 0 Å². The second-order valence-corrected chi connectivity index (χ2v) is 5.64. The van der Waals surface area contributed by atoms with Crippen LogP contribution in [0, 0.1) is 13.8 Å². The van der Waals surface area contributed by atoms with Gasteiger partial charge in [0.2, 0.25) is 0 Å². The third-order valence-corrected chi connectivity index (χ3v) is 4.28. The maximum atomic E-state index is 4.27. The summed E-state index contributed by atoms with van der Waals surface area (Å²) in [7, 11) is 0. The summed E-state index contributed by atoms with van der Waals surface area (Å²) < 4.78 is 0. The molecule has 4 aromatic rings. The molecule has 0 saturated carbocycles. The van der Waals surface area contributed by atoms with Crippen molar-refractivity contribution in [3.05, 3.63) is 97.8 Å². The summed E-state index contributed by atoms with van der Waals surface area (Å²) in [6.45, 7) is 8.53. The van der Waals surface area contributed by atoms with Crippen molar-refractivity contribution in [1.29, 1.82) is 0 Å². The van der Waals surface area contributed by atoms with Gasteiger partial charge in [-0.15, -0.1) is 12.1 Å². The summed E-state index contributed by atoms with van der Waals surface area (Å²) in [5.41, 5.74) is 4.47. The minimum atomic E-state index is 0. The van der Waals surface area contributed by atoms with E-state index in [0.29, 0.717) is 0 Å². The summed E-state index contributed by atoms with van der Waals surface area (Å²) >= 11 is 0. The van der Waals surface area contributed by atoms with Gasteiger partial charge in [0.1, 0.15) is 0 Å². The average molecular weight is 311 g/mol. The summed E-state index contributed by atoms with van der Waals surface area (Å²) in [6, 6.07) is 25.4. The van der Waals surface area contributed by atoms with Crippen LogP contribution in [0.4, 0.5) is 0 Å². The number of hydrogen-bond acceptors (Lipinski definition) is 1. The minimum absolute atomic E-state index is 0. The zero-order valence-corrected chi connectivity index (χ0v) is 14.8. The molecule has 0 saturated heterocycles. The molecule has 0 fully saturated rings. The monoisotopic (exact) mass is 311 g/mol. The molecule has 4 aromatic carbocycles. The van der Waals surface area contributed by atoms with Crippen LogP contribution in [0.5, 0.6) is 0 Å². The van der Waals surface area contributed by atoms with E-state index >= 15 is 0 Å². The fourth-order valence-electron chi connectivity index (χ4n) is 3.22. The molecule has 4 rings (SSSR count). The van der Waals surface area contributed by atoms with E-state index < -0.39 is 0 Å². The van der Waals surface area contributed by atoms with E-state index in [-0.39, 0.29) is 43.2 Å². The molecular formula is C22H17Li2O-. The number of hydrogen-bond donors (Lipinski definition) is 0. The van der Waals surface area contributed by atoms with Gasteiger partial charge >= 0.3 is 37.7 Å². The summed E-state index contributed by atoms with van der Waals surface area (Å²) in [6.07, 6.45) is 0. The predicted molar refractivity (Wildman–Crippen MR) is 97.7 cm³/mol. The van der Waals surface area contributed by atoms with Crippen LogP contribution in [0.2, 0.25) is 0 Å². The van der Waals surface area contributed by atoms with Gasteiger partial charge in [-0.05, 0) is 10.8 Å². The Bertz CT molecular complexity index is 926. The summed E-state index contributed by atoms with van der Waals surface area (Å²) in [5, 5.41) is 4.93. The van der Waals surface area contributed by atoms with Crippen LogP contribution in [-0.2, 0) is 0 Å². The Morgan fingerprint density at radius 1 is 0.480 bits per heavy atom.